The molecule has 0 fully saturated rings. The van der Waals surface area contributed by atoms with Crippen LogP contribution in [0.3, 0.4) is 0 Å². The van der Waals surface area contributed by atoms with E-state index in [4.69, 9.17) is 16.3 Å². The molecule has 7 heteroatoms. The van der Waals surface area contributed by atoms with E-state index in [1.54, 1.807) is 4.90 Å². The van der Waals surface area contributed by atoms with Crippen molar-refractivity contribution in [2.24, 2.45) is 0 Å². The fourth-order valence-electron chi connectivity index (χ4n) is 3.63. The van der Waals surface area contributed by atoms with Gasteiger partial charge in [-0.05, 0) is 57.7 Å². The summed E-state index contributed by atoms with van der Waals surface area (Å²) in [4.78, 5) is 14.4. The van der Waals surface area contributed by atoms with E-state index in [0.717, 1.165) is 40.1 Å². The van der Waals surface area contributed by atoms with E-state index in [-0.39, 0.29) is 6.09 Å². The van der Waals surface area contributed by atoms with Crippen molar-refractivity contribution < 1.29 is 9.53 Å². The Morgan fingerprint density at radius 1 is 1.03 bits per heavy atom. The Morgan fingerprint density at radius 2 is 1.68 bits per heavy atom. The molecule has 0 bridgehead atoms. The van der Waals surface area contributed by atoms with E-state index in [2.05, 4.69) is 22.3 Å². The van der Waals surface area contributed by atoms with E-state index in [1.165, 1.54) is 0 Å². The highest BCUT2D eigenvalue weighted by molar-refractivity contribution is 6.33. The highest BCUT2D eigenvalue weighted by Gasteiger charge is 2.23. The lowest BCUT2D eigenvalue weighted by Gasteiger charge is -2.27. The van der Waals surface area contributed by atoms with Crippen LogP contribution >= 0.6 is 11.6 Å². The van der Waals surface area contributed by atoms with E-state index >= 15 is 0 Å². The normalized spacial score (nSPS) is 10.9. The molecule has 0 saturated carbocycles. The van der Waals surface area contributed by atoms with Crippen LogP contribution in [0.5, 0.6) is 0 Å². The van der Waals surface area contributed by atoms with E-state index in [0.29, 0.717) is 24.5 Å². The zero-order valence-electron chi connectivity index (χ0n) is 21.4. The monoisotopic (exact) mass is 484 g/mol. The van der Waals surface area contributed by atoms with Crippen molar-refractivity contribution in [2.75, 3.05) is 13.1 Å². The first-order chi connectivity index (χ1) is 16.2. The average Bonchev–Trinajstić information content (AvgIpc) is 3.28. The molecule has 0 unspecified atom stereocenters. The summed E-state index contributed by atoms with van der Waals surface area (Å²) in [7, 11) is 0. The summed E-state index contributed by atoms with van der Waals surface area (Å²) in [5.41, 5.74) is 4.92. The van der Waals surface area contributed by atoms with Crippen LogP contribution in [0.1, 0.15) is 59.1 Å². The molecule has 3 aromatic rings. The second-order valence-electron chi connectivity index (χ2n) is 8.81. The quantitative estimate of drug-likeness (QED) is 0.381. The number of carbonyl (C=O) groups excluding carboxylic acids is 1. The molecule has 3 rings (SSSR count). The van der Waals surface area contributed by atoms with Gasteiger partial charge in [0.2, 0.25) is 0 Å². The highest BCUT2D eigenvalue weighted by Crippen LogP contribution is 2.36. The Bertz CT molecular complexity index is 1060. The third-order valence-corrected chi connectivity index (χ3v) is 5.47. The molecule has 6 nitrogen and oxygen atoms in total. The number of carbonyl (C=O) groups is 1. The fourth-order valence-corrected chi connectivity index (χ4v) is 3.93. The Kier molecular flexibility index (Phi) is 10.1. The van der Waals surface area contributed by atoms with Crippen molar-refractivity contribution in [3.05, 3.63) is 58.6 Å². The van der Waals surface area contributed by atoms with Gasteiger partial charge in [0, 0.05) is 24.2 Å². The smallest absolute Gasteiger partial charge is 0.410 e. The van der Waals surface area contributed by atoms with Gasteiger partial charge in [-0.25, -0.2) is 4.79 Å². The Balaban J connectivity index is 0.00000199. The van der Waals surface area contributed by atoms with Crippen LogP contribution in [-0.4, -0.2) is 45.1 Å². The number of amides is 1. The maximum absolute atomic E-state index is 12.6. The van der Waals surface area contributed by atoms with Crippen molar-refractivity contribution in [3.8, 4) is 22.5 Å². The largest absolute Gasteiger partial charge is 0.444 e. The van der Waals surface area contributed by atoms with E-state index < -0.39 is 5.60 Å². The Hall–Kier alpha value is -2.86. The molecular weight excluding hydrogens is 448 g/mol. The van der Waals surface area contributed by atoms with Crippen LogP contribution in [0.25, 0.3) is 22.5 Å². The zero-order chi connectivity index (χ0) is 25.3. The summed E-state index contributed by atoms with van der Waals surface area (Å²) in [6, 6.07) is 13.8. The molecule has 1 N–H and O–H groups in total. The lowest BCUT2D eigenvalue weighted by atomic mass is 9.95. The maximum atomic E-state index is 12.6. The standard InChI is InChI=1S/C25H31ClN4O2.C2H6/c1-6-15-30(24(31)32-25(3,4)5)16-14-18-12-13-20(26)21(17(18)2)23-22(27-29-28-23)19-10-8-7-9-11-19;1-2/h7-13H,6,14-16H2,1-5H3,(H,27,28,29);1-2H3. The average molecular weight is 485 g/mol. The van der Waals surface area contributed by atoms with E-state index in [1.807, 2.05) is 84.0 Å². The van der Waals surface area contributed by atoms with Gasteiger partial charge in [0.1, 0.15) is 17.0 Å². The molecular formula is C27H37ClN4O2. The number of hydrogen-bond donors (Lipinski definition) is 1. The number of aromatic amines is 1. The van der Waals surface area contributed by atoms with Crippen molar-refractivity contribution in [1.82, 2.24) is 20.3 Å². The second kappa shape index (κ2) is 12.6. The van der Waals surface area contributed by atoms with Gasteiger partial charge in [-0.15, -0.1) is 0 Å². The SMILES string of the molecule is CC.CCCN(CCc1ccc(Cl)c(-c2n[nH]nc2-c2ccccc2)c1C)C(=O)OC(C)(C)C. The number of aromatic nitrogens is 3. The van der Waals surface area contributed by atoms with E-state index in [9.17, 15) is 4.79 Å². The van der Waals surface area contributed by atoms with Crippen molar-refractivity contribution in [1.29, 1.82) is 0 Å². The molecule has 1 amide bonds. The molecule has 0 atom stereocenters. The van der Waals surface area contributed by atoms with Gasteiger partial charge in [-0.2, -0.15) is 15.4 Å². The number of halogens is 1. The molecule has 0 spiro atoms. The van der Waals surface area contributed by atoms with Crippen LogP contribution in [0.15, 0.2) is 42.5 Å². The summed E-state index contributed by atoms with van der Waals surface area (Å²) in [5, 5.41) is 12.1. The van der Waals surface area contributed by atoms with Crippen LogP contribution in [0.2, 0.25) is 5.02 Å². The minimum Gasteiger partial charge on any atom is -0.444 e. The zero-order valence-corrected chi connectivity index (χ0v) is 22.2. The first kappa shape index (κ1) is 27.4. The number of benzene rings is 2. The van der Waals surface area contributed by atoms with Crippen molar-refractivity contribution in [2.45, 2.75) is 66.9 Å². The molecule has 1 aromatic heterocycles. The van der Waals surface area contributed by atoms with Gasteiger partial charge >= 0.3 is 6.09 Å². The summed E-state index contributed by atoms with van der Waals surface area (Å²) in [6.45, 7) is 15.0. The Morgan fingerprint density at radius 3 is 2.29 bits per heavy atom. The first-order valence-electron chi connectivity index (χ1n) is 11.9. The number of hydrogen-bond acceptors (Lipinski definition) is 4. The van der Waals surface area contributed by atoms with Gasteiger partial charge in [-0.1, -0.05) is 68.8 Å². The molecule has 2 aromatic carbocycles. The number of H-pyrrole nitrogens is 1. The lowest BCUT2D eigenvalue weighted by molar-refractivity contribution is 0.0252. The highest BCUT2D eigenvalue weighted by atomic mass is 35.5. The summed E-state index contributed by atoms with van der Waals surface area (Å²) in [5.74, 6) is 0. The van der Waals surface area contributed by atoms with Crippen molar-refractivity contribution in [3.63, 3.8) is 0 Å². The van der Waals surface area contributed by atoms with Gasteiger partial charge in [0.25, 0.3) is 0 Å². The van der Waals surface area contributed by atoms with Crippen LogP contribution in [0.4, 0.5) is 4.79 Å². The molecule has 1 heterocycles. The topological polar surface area (TPSA) is 71.1 Å². The minimum absolute atomic E-state index is 0.283. The molecule has 0 saturated heterocycles. The molecule has 0 aliphatic carbocycles. The molecule has 34 heavy (non-hydrogen) atoms. The number of rotatable bonds is 7. The van der Waals surface area contributed by atoms with Crippen LogP contribution in [-0.2, 0) is 11.2 Å². The molecule has 0 aliphatic heterocycles. The van der Waals surface area contributed by atoms with Gasteiger partial charge in [0.15, 0.2) is 0 Å². The minimum atomic E-state index is -0.521. The van der Waals surface area contributed by atoms with Gasteiger partial charge in [0.05, 0.1) is 5.02 Å². The predicted octanol–water partition coefficient (Wildman–Crippen LogP) is 7.32. The molecule has 0 aliphatic rings. The Labute approximate surface area is 208 Å². The van der Waals surface area contributed by atoms with Gasteiger partial charge < -0.3 is 9.64 Å². The first-order valence-corrected chi connectivity index (χ1v) is 12.3. The summed E-state index contributed by atoms with van der Waals surface area (Å²) < 4.78 is 5.58. The predicted molar refractivity (Wildman–Crippen MR) is 140 cm³/mol. The van der Waals surface area contributed by atoms with Crippen LogP contribution in [0, 0.1) is 6.92 Å². The number of nitrogens with zero attached hydrogens (tertiary/aromatic N) is 3. The maximum Gasteiger partial charge on any atom is 0.410 e. The summed E-state index contributed by atoms with van der Waals surface area (Å²) >= 11 is 6.62. The lowest BCUT2D eigenvalue weighted by Crippen LogP contribution is -2.38. The molecule has 184 valence electrons. The van der Waals surface area contributed by atoms with Crippen LogP contribution < -0.4 is 0 Å². The third-order valence-electron chi connectivity index (χ3n) is 5.15. The fraction of sp³-hybridized carbons (Fsp3) is 0.444. The second-order valence-corrected chi connectivity index (χ2v) is 9.22. The number of nitrogens with one attached hydrogen (secondary N) is 1. The van der Waals surface area contributed by atoms with Crippen molar-refractivity contribution >= 4 is 17.7 Å². The summed E-state index contributed by atoms with van der Waals surface area (Å²) in [6.07, 6.45) is 1.27. The number of ether oxygens (including phenoxy) is 1. The third kappa shape index (κ3) is 7.07. The molecule has 0 radical (unpaired) electrons. The van der Waals surface area contributed by atoms with Gasteiger partial charge in [-0.3, -0.25) is 0 Å².